The van der Waals surface area contributed by atoms with E-state index in [1.54, 1.807) is 6.08 Å². The third-order valence-corrected chi connectivity index (χ3v) is 2.33. The van der Waals surface area contributed by atoms with Crippen molar-refractivity contribution < 1.29 is 0 Å². The fourth-order valence-electron chi connectivity index (χ4n) is 1.68. The van der Waals surface area contributed by atoms with Crippen molar-refractivity contribution in [1.29, 1.82) is 0 Å². The van der Waals surface area contributed by atoms with Gasteiger partial charge in [0.05, 0.1) is 0 Å². The monoisotopic (exact) mass is 187 g/mol. The second kappa shape index (κ2) is 5.64. The van der Waals surface area contributed by atoms with E-state index in [4.69, 9.17) is 6.58 Å². The second-order valence-electron chi connectivity index (χ2n) is 4.14. The molecule has 0 heteroatoms. The average molecular weight is 187 g/mol. The summed E-state index contributed by atoms with van der Waals surface area (Å²) in [5.41, 5.74) is 2.92. The maximum absolute atomic E-state index is 5.40. The highest BCUT2D eigenvalue weighted by atomic mass is 14.1. The molecular formula is C14H19. The van der Waals surface area contributed by atoms with E-state index in [0.29, 0.717) is 0 Å². The molecule has 0 nitrogen and oxygen atoms in total. The normalized spacial score (nSPS) is 10.5. The van der Waals surface area contributed by atoms with Gasteiger partial charge in [-0.05, 0) is 36.3 Å². The van der Waals surface area contributed by atoms with Gasteiger partial charge in [-0.1, -0.05) is 50.8 Å². The SMILES string of the molecule is [CH]=CCCc1ccccc1CC(C)C. The predicted molar refractivity (Wildman–Crippen MR) is 62.2 cm³/mol. The summed E-state index contributed by atoms with van der Waals surface area (Å²) in [5.74, 6) is 0.720. The van der Waals surface area contributed by atoms with Gasteiger partial charge in [0.2, 0.25) is 0 Å². The molecule has 0 saturated carbocycles. The molecule has 75 valence electrons. The first kappa shape index (κ1) is 11.0. The highest BCUT2D eigenvalue weighted by Crippen LogP contribution is 2.15. The summed E-state index contributed by atoms with van der Waals surface area (Å²) >= 11 is 0. The predicted octanol–water partition coefficient (Wildman–Crippen LogP) is 3.81. The lowest BCUT2D eigenvalue weighted by atomic mass is 9.95. The smallest absolute Gasteiger partial charge is 0.0241 e. The maximum Gasteiger partial charge on any atom is -0.0241 e. The maximum atomic E-state index is 5.40. The largest absolute Gasteiger partial charge is 0.0842 e. The zero-order chi connectivity index (χ0) is 10.4. The first-order chi connectivity index (χ1) is 6.74. The third kappa shape index (κ3) is 3.37. The van der Waals surface area contributed by atoms with Crippen molar-refractivity contribution in [2.24, 2.45) is 5.92 Å². The van der Waals surface area contributed by atoms with E-state index in [0.717, 1.165) is 18.8 Å². The molecule has 0 saturated heterocycles. The van der Waals surface area contributed by atoms with Gasteiger partial charge in [0.25, 0.3) is 0 Å². The van der Waals surface area contributed by atoms with Crippen LogP contribution < -0.4 is 0 Å². The van der Waals surface area contributed by atoms with E-state index in [2.05, 4.69) is 38.1 Å². The Morgan fingerprint density at radius 2 is 1.86 bits per heavy atom. The van der Waals surface area contributed by atoms with Crippen LogP contribution in [0.3, 0.4) is 0 Å². The number of allylic oxidation sites excluding steroid dienone is 1. The van der Waals surface area contributed by atoms with E-state index >= 15 is 0 Å². The number of hydrogen-bond donors (Lipinski definition) is 0. The van der Waals surface area contributed by atoms with Gasteiger partial charge >= 0.3 is 0 Å². The standard InChI is InChI=1S/C14H19/c1-4-5-8-13-9-6-7-10-14(13)11-12(2)3/h1,4,6-7,9-10,12H,5,8,11H2,2-3H3. The minimum atomic E-state index is 0.720. The molecular weight excluding hydrogens is 168 g/mol. The third-order valence-electron chi connectivity index (χ3n) is 2.33. The Morgan fingerprint density at radius 1 is 1.21 bits per heavy atom. The number of benzene rings is 1. The summed E-state index contributed by atoms with van der Waals surface area (Å²) in [6.07, 6.45) is 4.95. The van der Waals surface area contributed by atoms with Gasteiger partial charge in [-0.2, -0.15) is 0 Å². The summed E-state index contributed by atoms with van der Waals surface area (Å²) < 4.78 is 0. The van der Waals surface area contributed by atoms with Crippen molar-refractivity contribution in [3.63, 3.8) is 0 Å². The van der Waals surface area contributed by atoms with Crippen molar-refractivity contribution in [3.05, 3.63) is 48.0 Å². The Hall–Kier alpha value is -1.04. The van der Waals surface area contributed by atoms with Gasteiger partial charge < -0.3 is 0 Å². The molecule has 0 atom stereocenters. The molecule has 0 amide bonds. The molecule has 1 radical (unpaired) electrons. The van der Waals surface area contributed by atoms with Crippen LogP contribution in [0.1, 0.15) is 31.4 Å². The molecule has 0 unspecified atom stereocenters. The van der Waals surface area contributed by atoms with Crippen molar-refractivity contribution in [2.45, 2.75) is 33.1 Å². The number of aryl methyl sites for hydroxylation is 1. The molecule has 0 aromatic heterocycles. The first-order valence-corrected chi connectivity index (χ1v) is 5.34. The fourth-order valence-corrected chi connectivity index (χ4v) is 1.68. The molecule has 0 aliphatic rings. The van der Waals surface area contributed by atoms with E-state index in [1.165, 1.54) is 17.5 Å². The summed E-state index contributed by atoms with van der Waals surface area (Å²) in [6, 6.07) is 8.66. The van der Waals surface area contributed by atoms with Crippen LogP contribution in [0.25, 0.3) is 0 Å². The zero-order valence-corrected chi connectivity index (χ0v) is 9.16. The molecule has 1 aromatic rings. The molecule has 0 spiro atoms. The Balaban J connectivity index is 2.74. The minimum Gasteiger partial charge on any atom is -0.0842 e. The zero-order valence-electron chi connectivity index (χ0n) is 9.16. The lowest BCUT2D eigenvalue weighted by Gasteiger charge is -2.10. The topological polar surface area (TPSA) is 0 Å². The van der Waals surface area contributed by atoms with Crippen LogP contribution in [0.2, 0.25) is 0 Å². The van der Waals surface area contributed by atoms with Crippen LogP contribution in [0, 0.1) is 12.5 Å². The lowest BCUT2D eigenvalue weighted by molar-refractivity contribution is 0.642. The van der Waals surface area contributed by atoms with Gasteiger partial charge in [-0.3, -0.25) is 0 Å². The quantitative estimate of drug-likeness (QED) is 0.657. The summed E-state index contributed by atoms with van der Waals surface area (Å²) in [7, 11) is 0. The van der Waals surface area contributed by atoms with E-state index in [9.17, 15) is 0 Å². The highest BCUT2D eigenvalue weighted by Gasteiger charge is 2.02. The van der Waals surface area contributed by atoms with Crippen molar-refractivity contribution in [3.8, 4) is 0 Å². The molecule has 0 bridgehead atoms. The molecule has 1 aromatic carbocycles. The van der Waals surface area contributed by atoms with E-state index < -0.39 is 0 Å². The van der Waals surface area contributed by atoms with Gasteiger partial charge in [0.1, 0.15) is 0 Å². The summed E-state index contributed by atoms with van der Waals surface area (Å²) in [4.78, 5) is 0. The Bertz CT molecular complexity index is 284. The second-order valence-corrected chi connectivity index (χ2v) is 4.14. The molecule has 0 aliphatic carbocycles. The molecule has 0 N–H and O–H groups in total. The first-order valence-electron chi connectivity index (χ1n) is 5.34. The Labute approximate surface area is 87.7 Å². The van der Waals surface area contributed by atoms with Crippen LogP contribution in [0.4, 0.5) is 0 Å². The minimum absolute atomic E-state index is 0.720. The van der Waals surface area contributed by atoms with Crippen LogP contribution in [-0.2, 0) is 12.8 Å². The molecule has 14 heavy (non-hydrogen) atoms. The van der Waals surface area contributed by atoms with Crippen LogP contribution in [0.15, 0.2) is 30.3 Å². The van der Waals surface area contributed by atoms with Gasteiger partial charge in [0, 0.05) is 0 Å². The van der Waals surface area contributed by atoms with Crippen LogP contribution in [0.5, 0.6) is 0 Å². The van der Waals surface area contributed by atoms with E-state index in [1.807, 2.05) is 0 Å². The molecule has 0 heterocycles. The number of rotatable bonds is 5. The summed E-state index contributed by atoms with van der Waals surface area (Å²) in [5, 5.41) is 0. The highest BCUT2D eigenvalue weighted by molar-refractivity contribution is 5.27. The lowest BCUT2D eigenvalue weighted by Crippen LogP contribution is -1.99. The van der Waals surface area contributed by atoms with Crippen LogP contribution in [-0.4, -0.2) is 0 Å². The summed E-state index contributed by atoms with van der Waals surface area (Å²) in [6.45, 7) is 9.91. The Kier molecular flexibility index (Phi) is 4.45. The van der Waals surface area contributed by atoms with Gasteiger partial charge in [0.15, 0.2) is 0 Å². The fraction of sp³-hybridized carbons (Fsp3) is 0.429. The van der Waals surface area contributed by atoms with Crippen molar-refractivity contribution in [1.82, 2.24) is 0 Å². The molecule has 0 aliphatic heterocycles. The molecule has 0 fully saturated rings. The van der Waals surface area contributed by atoms with Crippen molar-refractivity contribution in [2.75, 3.05) is 0 Å². The van der Waals surface area contributed by atoms with E-state index in [-0.39, 0.29) is 0 Å². The Morgan fingerprint density at radius 3 is 2.43 bits per heavy atom. The van der Waals surface area contributed by atoms with Gasteiger partial charge in [-0.25, -0.2) is 0 Å². The number of hydrogen-bond acceptors (Lipinski definition) is 0. The van der Waals surface area contributed by atoms with Crippen molar-refractivity contribution >= 4 is 0 Å². The van der Waals surface area contributed by atoms with Gasteiger partial charge in [-0.15, -0.1) is 0 Å². The average Bonchev–Trinajstić information content (AvgIpc) is 2.16. The van der Waals surface area contributed by atoms with Crippen LogP contribution >= 0.6 is 0 Å². The molecule has 1 rings (SSSR count).